The maximum atomic E-state index is 12.1. The molecule has 0 saturated heterocycles. The van der Waals surface area contributed by atoms with E-state index >= 15 is 0 Å². The number of benzene rings is 2. The second-order valence-electron chi connectivity index (χ2n) is 3.93. The van der Waals surface area contributed by atoms with Gasteiger partial charge in [-0.25, -0.2) is 8.42 Å². The Bertz CT molecular complexity index is 813. The van der Waals surface area contributed by atoms with Crippen LogP contribution in [0.2, 0.25) is 0 Å². The average molecular weight is 283 g/mol. The van der Waals surface area contributed by atoms with Crippen molar-refractivity contribution in [1.82, 2.24) is 0 Å². The van der Waals surface area contributed by atoms with E-state index in [4.69, 9.17) is 10.5 Å². The van der Waals surface area contributed by atoms with Crippen LogP contribution in [0.15, 0.2) is 53.4 Å². The molecule has 0 heterocycles. The topological polar surface area (TPSA) is 93.8 Å². The van der Waals surface area contributed by atoms with E-state index in [0.29, 0.717) is 11.3 Å². The summed E-state index contributed by atoms with van der Waals surface area (Å²) in [6, 6.07) is 15.6. The summed E-state index contributed by atoms with van der Waals surface area (Å²) in [5.41, 5.74) is 1.07. The van der Waals surface area contributed by atoms with Gasteiger partial charge < -0.3 is 0 Å². The van der Waals surface area contributed by atoms with Crippen LogP contribution in [0, 0.1) is 22.7 Å². The van der Waals surface area contributed by atoms with Gasteiger partial charge in [-0.2, -0.15) is 10.5 Å². The van der Waals surface area contributed by atoms with Crippen LogP contribution in [0.5, 0.6) is 0 Å². The fourth-order valence-corrected chi connectivity index (χ4v) is 2.66. The molecule has 98 valence electrons. The standard InChI is InChI=1S/C14H9N3O2S/c15-9-11-4-6-13(7-5-11)17-20(18,19)14-3-1-2-12(8-14)10-16/h1-8,17H. The average Bonchev–Trinajstić information content (AvgIpc) is 2.48. The molecule has 0 amide bonds. The minimum atomic E-state index is -3.75. The third-order valence-electron chi connectivity index (χ3n) is 2.54. The first-order valence-electron chi connectivity index (χ1n) is 5.58. The second kappa shape index (κ2) is 5.43. The van der Waals surface area contributed by atoms with Crippen LogP contribution in [0.25, 0.3) is 0 Å². The van der Waals surface area contributed by atoms with Crippen LogP contribution in [0.1, 0.15) is 11.1 Å². The molecule has 0 aliphatic rings. The van der Waals surface area contributed by atoms with Crippen molar-refractivity contribution >= 4 is 15.7 Å². The highest BCUT2D eigenvalue weighted by molar-refractivity contribution is 7.92. The highest BCUT2D eigenvalue weighted by Gasteiger charge is 2.14. The van der Waals surface area contributed by atoms with Gasteiger partial charge >= 0.3 is 0 Å². The number of nitriles is 2. The van der Waals surface area contributed by atoms with Gasteiger partial charge in [0.1, 0.15) is 0 Å². The van der Waals surface area contributed by atoms with Gasteiger partial charge in [0.25, 0.3) is 10.0 Å². The molecule has 0 aliphatic heterocycles. The summed E-state index contributed by atoms with van der Waals surface area (Å²) >= 11 is 0. The van der Waals surface area contributed by atoms with Gasteiger partial charge in [0, 0.05) is 5.69 Å². The fourth-order valence-electron chi connectivity index (χ4n) is 1.56. The molecule has 2 rings (SSSR count). The van der Waals surface area contributed by atoms with Crippen molar-refractivity contribution in [2.45, 2.75) is 4.90 Å². The molecule has 0 atom stereocenters. The number of nitrogens with one attached hydrogen (secondary N) is 1. The lowest BCUT2D eigenvalue weighted by atomic mass is 10.2. The van der Waals surface area contributed by atoms with Crippen molar-refractivity contribution in [3.63, 3.8) is 0 Å². The van der Waals surface area contributed by atoms with E-state index in [9.17, 15) is 8.42 Å². The number of hydrogen-bond donors (Lipinski definition) is 1. The van der Waals surface area contributed by atoms with E-state index in [1.54, 1.807) is 0 Å². The summed E-state index contributed by atoms with van der Waals surface area (Å²) in [6.45, 7) is 0. The molecule has 6 heteroatoms. The number of rotatable bonds is 3. The SMILES string of the molecule is N#Cc1ccc(NS(=O)(=O)c2cccc(C#N)c2)cc1. The smallest absolute Gasteiger partial charge is 0.261 e. The molecule has 5 nitrogen and oxygen atoms in total. The minimum absolute atomic E-state index is 0.0147. The molecule has 0 aromatic heterocycles. The van der Waals surface area contributed by atoms with Crippen molar-refractivity contribution in [2.24, 2.45) is 0 Å². The highest BCUT2D eigenvalue weighted by atomic mass is 32.2. The van der Waals surface area contributed by atoms with Crippen molar-refractivity contribution in [1.29, 1.82) is 10.5 Å². The molecule has 0 saturated carbocycles. The molecular formula is C14H9N3O2S. The molecular weight excluding hydrogens is 274 g/mol. The second-order valence-corrected chi connectivity index (χ2v) is 5.62. The van der Waals surface area contributed by atoms with Crippen LogP contribution in [-0.2, 0) is 10.0 Å². The summed E-state index contributed by atoms with van der Waals surface area (Å²) in [7, 11) is -3.75. The summed E-state index contributed by atoms with van der Waals surface area (Å²) in [6.07, 6.45) is 0. The van der Waals surface area contributed by atoms with E-state index in [1.807, 2.05) is 12.1 Å². The van der Waals surface area contributed by atoms with E-state index in [1.165, 1.54) is 48.5 Å². The molecule has 20 heavy (non-hydrogen) atoms. The Balaban J connectivity index is 2.31. The minimum Gasteiger partial charge on any atom is -0.280 e. The molecule has 0 aliphatic carbocycles. The van der Waals surface area contributed by atoms with Crippen molar-refractivity contribution < 1.29 is 8.42 Å². The number of nitrogens with zero attached hydrogens (tertiary/aromatic N) is 2. The zero-order valence-electron chi connectivity index (χ0n) is 10.2. The molecule has 0 spiro atoms. The molecule has 2 aromatic carbocycles. The first-order valence-corrected chi connectivity index (χ1v) is 7.06. The summed E-state index contributed by atoms with van der Waals surface area (Å²) in [5.74, 6) is 0. The van der Waals surface area contributed by atoms with Gasteiger partial charge in [-0.1, -0.05) is 6.07 Å². The molecule has 0 unspecified atom stereocenters. The predicted molar refractivity (Wildman–Crippen MR) is 73.1 cm³/mol. The van der Waals surface area contributed by atoms with Crippen molar-refractivity contribution in [3.05, 3.63) is 59.7 Å². The molecule has 2 aromatic rings. The fraction of sp³-hybridized carbons (Fsp3) is 0. The summed E-state index contributed by atoms with van der Waals surface area (Å²) in [5, 5.41) is 17.5. The Morgan fingerprint density at radius 2 is 1.55 bits per heavy atom. The van der Waals surface area contributed by atoms with Crippen LogP contribution < -0.4 is 4.72 Å². The van der Waals surface area contributed by atoms with Crippen molar-refractivity contribution in [3.8, 4) is 12.1 Å². The Hall–Kier alpha value is -2.83. The third kappa shape index (κ3) is 2.94. The van der Waals surface area contributed by atoms with Gasteiger partial charge in [-0.15, -0.1) is 0 Å². The van der Waals surface area contributed by atoms with E-state index in [0.717, 1.165) is 0 Å². The van der Waals surface area contributed by atoms with Gasteiger partial charge in [0.05, 0.1) is 28.2 Å². The van der Waals surface area contributed by atoms with Gasteiger partial charge in [0.2, 0.25) is 0 Å². The zero-order valence-corrected chi connectivity index (χ0v) is 11.1. The Morgan fingerprint density at radius 1 is 0.900 bits per heavy atom. The molecule has 1 N–H and O–H groups in total. The maximum absolute atomic E-state index is 12.1. The lowest BCUT2D eigenvalue weighted by Gasteiger charge is -2.08. The zero-order chi connectivity index (χ0) is 14.6. The predicted octanol–water partition coefficient (Wildman–Crippen LogP) is 2.23. The third-order valence-corrected chi connectivity index (χ3v) is 3.92. The first-order chi connectivity index (χ1) is 9.55. The molecule has 0 bridgehead atoms. The van der Waals surface area contributed by atoms with Crippen LogP contribution in [0.4, 0.5) is 5.69 Å². The number of hydrogen-bond acceptors (Lipinski definition) is 4. The van der Waals surface area contributed by atoms with E-state index < -0.39 is 10.0 Å². The Morgan fingerprint density at radius 3 is 2.15 bits per heavy atom. The van der Waals surface area contributed by atoms with E-state index in [-0.39, 0.29) is 10.5 Å². The van der Waals surface area contributed by atoms with Gasteiger partial charge in [-0.05, 0) is 42.5 Å². The van der Waals surface area contributed by atoms with Crippen LogP contribution in [-0.4, -0.2) is 8.42 Å². The van der Waals surface area contributed by atoms with Gasteiger partial charge in [-0.3, -0.25) is 4.72 Å². The number of anilines is 1. The largest absolute Gasteiger partial charge is 0.280 e. The van der Waals surface area contributed by atoms with Gasteiger partial charge in [0.15, 0.2) is 0 Å². The normalized spacial score (nSPS) is 10.3. The molecule has 0 fully saturated rings. The number of sulfonamides is 1. The van der Waals surface area contributed by atoms with Crippen molar-refractivity contribution in [2.75, 3.05) is 4.72 Å². The Kier molecular flexibility index (Phi) is 3.69. The quantitative estimate of drug-likeness (QED) is 0.934. The van der Waals surface area contributed by atoms with E-state index in [2.05, 4.69) is 4.72 Å². The molecule has 0 radical (unpaired) electrons. The Labute approximate surface area is 116 Å². The lowest BCUT2D eigenvalue weighted by Crippen LogP contribution is -2.13. The summed E-state index contributed by atoms with van der Waals surface area (Å²) < 4.78 is 26.7. The lowest BCUT2D eigenvalue weighted by molar-refractivity contribution is 0.601. The highest BCUT2D eigenvalue weighted by Crippen LogP contribution is 2.17. The summed E-state index contributed by atoms with van der Waals surface area (Å²) in [4.78, 5) is 0.0147. The monoisotopic (exact) mass is 283 g/mol. The van der Waals surface area contributed by atoms with Crippen LogP contribution in [0.3, 0.4) is 0 Å². The van der Waals surface area contributed by atoms with Crippen LogP contribution >= 0.6 is 0 Å². The first kappa shape index (κ1) is 13.6. The maximum Gasteiger partial charge on any atom is 0.261 e.